The maximum atomic E-state index is 13.0. The number of carbonyl (C=O) groups excluding carboxylic acids is 1. The van der Waals surface area contributed by atoms with E-state index >= 15 is 0 Å². The Morgan fingerprint density at radius 3 is 2.42 bits per heavy atom. The third-order valence-corrected chi connectivity index (χ3v) is 4.69. The van der Waals surface area contributed by atoms with Gasteiger partial charge in [-0.05, 0) is 28.3 Å². The highest BCUT2D eigenvalue weighted by Gasteiger charge is 2.18. The van der Waals surface area contributed by atoms with Gasteiger partial charge in [-0.2, -0.15) is 0 Å². The summed E-state index contributed by atoms with van der Waals surface area (Å²) in [7, 11) is 0. The first kappa shape index (κ1) is 18.2. The monoisotopic (exact) mass is 347 g/mol. The third-order valence-electron chi connectivity index (χ3n) is 4.69. The van der Waals surface area contributed by atoms with Gasteiger partial charge >= 0.3 is 0 Å². The molecule has 3 heteroatoms. The topological polar surface area (TPSA) is 40.5 Å². The Hall–Kier alpha value is -2.65. The van der Waals surface area contributed by atoms with E-state index in [2.05, 4.69) is 18.2 Å². The van der Waals surface area contributed by atoms with Crippen LogP contribution in [0.15, 0.2) is 72.8 Å². The summed E-state index contributed by atoms with van der Waals surface area (Å²) in [6.45, 7) is 2.80. The van der Waals surface area contributed by atoms with E-state index in [4.69, 9.17) is 0 Å². The van der Waals surface area contributed by atoms with Crippen LogP contribution in [0.1, 0.15) is 24.5 Å². The zero-order valence-corrected chi connectivity index (χ0v) is 15.1. The molecule has 0 spiro atoms. The molecule has 1 unspecified atom stereocenters. The van der Waals surface area contributed by atoms with Gasteiger partial charge in [-0.25, -0.2) is 0 Å². The SMILES string of the molecule is CCC(O)CN(Cc1ccccc1)C(=O)Cc1cccc2ccccc12. The van der Waals surface area contributed by atoms with E-state index in [1.807, 2.05) is 61.5 Å². The lowest BCUT2D eigenvalue weighted by Gasteiger charge is -2.25. The molecule has 1 amide bonds. The van der Waals surface area contributed by atoms with Crippen molar-refractivity contribution in [3.05, 3.63) is 83.9 Å². The molecule has 0 aliphatic rings. The molecule has 1 atom stereocenters. The summed E-state index contributed by atoms with van der Waals surface area (Å²) >= 11 is 0. The van der Waals surface area contributed by atoms with Gasteiger partial charge in [-0.15, -0.1) is 0 Å². The zero-order chi connectivity index (χ0) is 18.4. The van der Waals surface area contributed by atoms with Gasteiger partial charge in [-0.1, -0.05) is 79.7 Å². The number of benzene rings is 3. The summed E-state index contributed by atoms with van der Waals surface area (Å²) in [6.07, 6.45) is 0.465. The van der Waals surface area contributed by atoms with Gasteiger partial charge in [-0.3, -0.25) is 4.79 Å². The van der Waals surface area contributed by atoms with Crippen molar-refractivity contribution in [1.29, 1.82) is 0 Å². The van der Waals surface area contributed by atoms with E-state index in [1.165, 1.54) is 0 Å². The molecule has 3 rings (SSSR count). The van der Waals surface area contributed by atoms with Gasteiger partial charge < -0.3 is 10.0 Å². The Bertz CT molecular complexity index is 855. The van der Waals surface area contributed by atoms with E-state index in [0.29, 0.717) is 25.9 Å². The van der Waals surface area contributed by atoms with Crippen LogP contribution in [0.25, 0.3) is 10.8 Å². The third kappa shape index (κ3) is 4.50. The summed E-state index contributed by atoms with van der Waals surface area (Å²) in [5, 5.41) is 12.3. The highest BCUT2D eigenvalue weighted by Crippen LogP contribution is 2.20. The molecule has 26 heavy (non-hydrogen) atoms. The molecule has 0 radical (unpaired) electrons. The molecule has 0 fully saturated rings. The lowest BCUT2D eigenvalue weighted by molar-refractivity contribution is -0.132. The first-order valence-electron chi connectivity index (χ1n) is 9.13. The summed E-state index contributed by atoms with van der Waals surface area (Å²) in [5.41, 5.74) is 2.10. The molecule has 1 N–H and O–H groups in total. The van der Waals surface area contributed by atoms with E-state index < -0.39 is 6.10 Å². The van der Waals surface area contributed by atoms with Crippen LogP contribution < -0.4 is 0 Å². The molecule has 0 saturated heterocycles. The summed E-state index contributed by atoms with van der Waals surface area (Å²) < 4.78 is 0. The van der Waals surface area contributed by atoms with E-state index in [0.717, 1.165) is 21.9 Å². The fraction of sp³-hybridized carbons (Fsp3) is 0.261. The number of fused-ring (bicyclic) bond motifs is 1. The lowest BCUT2D eigenvalue weighted by atomic mass is 10.0. The van der Waals surface area contributed by atoms with Crippen LogP contribution in [-0.4, -0.2) is 28.6 Å². The highest BCUT2D eigenvalue weighted by atomic mass is 16.3. The molecule has 0 aliphatic carbocycles. The molecular formula is C23H25NO2. The Morgan fingerprint density at radius 1 is 0.962 bits per heavy atom. The number of hydrogen-bond acceptors (Lipinski definition) is 2. The largest absolute Gasteiger partial charge is 0.391 e. The predicted molar refractivity (Wildman–Crippen MR) is 106 cm³/mol. The summed E-state index contributed by atoms with van der Waals surface area (Å²) in [6, 6.07) is 24.1. The fourth-order valence-electron chi connectivity index (χ4n) is 3.16. The molecule has 0 bridgehead atoms. The molecule has 0 aliphatic heterocycles. The van der Waals surface area contributed by atoms with Crippen molar-refractivity contribution in [1.82, 2.24) is 4.90 Å². The number of hydrogen-bond donors (Lipinski definition) is 1. The predicted octanol–water partition coefficient (Wildman–Crippen LogP) is 4.18. The summed E-state index contributed by atoms with van der Waals surface area (Å²) in [4.78, 5) is 14.8. The molecule has 3 aromatic rings. The average molecular weight is 347 g/mol. The average Bonchev–Trinajstić information content (AvgIpc) is 2.68. The first-order chi connectivity index (χ1) is 12.7. The second-order valence-corrected chi connectivity index (χ2v) is 6.64. The molecule has 134 valence electrons. The second kappa shape index (κ2) is 8.63. The van der Waals surface area contributed by atoms with Crippen molar-refractivity contribution in [2.24, 2.45) is 0 Å². The van der Waals surface area contributed by atoms with Gasteiger partial charge in [0, 0.05) is 13.1 Å². The molecule has 0 saturated carbocycles. The van der Waals surface area contributed by atoms with Crippen molar-refractivity contribution in [2.45, 2.75) is 32.4 Å². The van der Waals surface area contributed by atoms with Crippen LogP contribution in [0.4, 0.5) is 0 Å². The fourth-order valence-corrected chi connectivity index (χ4v) is 3.16. The number of amides is 1. The normalized spacial score (nSPS) is 12.1. The van der Waals surface area contributed by atoms with Crippen LogP contribution in [-0.2, 0) is 17.8 Å². The van der Waals surface area contributed by atoms with Gasteiger partial charge in [0.05, 0.1) is 12.5 Å². The number of aliphatic hydroxyl groups excluding tert-OH is 1. The van der Waals surface area contributed by atoms with Crippen LogP contribution in [0.3, 0.4) is 0 Å². The minimum Gasteiger partial charge on any atom is -0.391 e. The number of aliphatic hydroxyl groups is 1. The minimum absolute atomic E-state index is 0.0395. The van der Waals surface area contributed by atoms with Crippen molar-refractivity contribution in [3.8, 4) is 0 Å². The minimum atomic E-state index is -0.504. The molecule has 3 aromatic carbocycles. The molecular weight excluding hydrogens is 322 g/mol. The van der Waals surface area contributed by atoms with Gasteiger partial charge in [0.25, 0.3) is 0 Å². The standard InChI is InChI=1S/C23H25NO2/c1-2-21(25)17-24(16-18-9-4-3-5-10-18)23(26)15-20-13-8-12-19-11-6-7-14-22(19)20/h3-14,21,25H,2,15-17H2,1H3. The summed E-state index contributed by atoms with van der Waals surface area (Å²) in [5.74, 6) is 0.0395. The van der Waals surface area contributed by atoms with Gasteiger partial charge in [0.15, 0.2) is 0 Å². The molecule has 0 aromatic heterocycles. The quantitative estimate of drug-likeness (QED) is 0.696. The van der Waals surface area contributed by atoms with Gasteiger partial charge in [0.2, 0.25) is 5.91 Å². The Kier molecular flexibility index (Phi) is 6.03. The second-order valence-electron chi connectivity index (χ2n) is 6.64. The van der Waals surface area contributed by atoms with E-state index in [-0.39, 0.29) is 5.91 Å². The Morgan fingerprint density at radius 2 is 1.65 bits per heavy atom. The Labute approximate surface area is 154 Å². The van der Waals surface area contributed by atoms with Crippen LogP contribution in [0.5, 0.6) is 0 Å². The smallest absolute Gasteiger partial charge is 0.227 e. The van der Waals surface area contributed by atoms with Crippen LogP contribution in [0.2, 0.25) is 0 Å². The lowest BCUT2D eigenvalue weighted by Crippen LogP contribution is -2.37. The number of carbonyl (C=O) groups is 1. The van der Waals surface area contributed by atoms with E-state index in [9.17, 15) is 9.90 Å². The van der Waals surface area contributed by atoms with Crippen molar-refractivity contribution < 1.29 is 9.90 Å². The molecule has 0 heterocycles. The van der Waals surface area contributed by atoms with Crippen molar-refractivity contribution in [2.75, 3.05) is 6.54 Å². The van der Waals surface area contributed by atoms with Crippen LogP contribution in [0, 0.1) is 0 Å². The first-order valence-corrected chi connectivity index (χ1v) is 9.13. The maximum Gasteiger partial charge on any atom is 0.227 e. The zero-order valence-electron chi connectivity index (χ0n) is 15.1. The van der Waals surface area contributed by atoms with Gasteiger partial charge in [0.1, 0.15) is 0 Å². The molecule has 3 nitrogen and oxygen atoms in total. The van der Waals surface area contributed by atoms with E-state index in [1.54, 1.807) is 4.90 Å². The highest BCUT2D eigenvalue weighted by molar-refractivity contribution is 5.90. The maximum absolute atomic E-state index is 13.0. The van der Waals surface area contributed by atoms with Crippen molar-refractivity contribution >= 4 is 16.7 Å². The number of rotatable bonds is 7. The Balaban J connectivity index is 1.82. The van der Waals surface area contributed by atoms with Crippen LogP contribution >= 0.6 is 0 Å². The van der Waals surface area contributed by atoms with Crippen molar-refractivity contribution in [3.63, 3.8) is 0 Å². The number of nitrogens with zero attached hydrogens (tertiary/aromatic N) is 1.